The zero-order chi connectivity index (χ0) is 8.53. The SMILES string of the molecule is C=CCCCCC[C@@H](O)C=C. The van der Waals surface area contributed by atoms with Crippen molar-refractivity contribution in [3.8, 4) is 0 Å². The molecule has 0 aliphatic rings. The van der Waals surface area contributed by atoms with Crippen molar-refractivity contribution in [2.45, 2.75) is 38.2 Å². The van der Waals surface area contributed by atoms with Crippen LogP contribution in [0.15, 0.2) is 25.3 Å². The lowest BCUT2D eigenvalue weighted by Gasteiger charge is -2.02. The van der Waals surface area contributed by atoms with Crippen molar-refractivity contribution in [2.24, 2.45) is 0 Å². The zero-order valence-electron chi connectivity index (χ0n) is 7.13. The maximum atomic E-state index is 9.08. The van der Waals surface area contributed by atoms with Crippen LogP contribution in [-0.2, 0) is 0 Å². The fraction of sp³-hybridized carbons (Fsp3) is 0.600. The summed E-state index contributed by atoms with van der Waals surface area (Å²) >= 11 is 0. The highest BCUT2D eigenvalue weighted by Crippen LogP contribution is 2.06. The molecule has 11 heavy (non-hydrogen) atoms. The Hall–Kier alpha value is -0.560. The monoisotopic (exact) mass is 154 g/mol. The lowest BCUT2D eigenvalue weighted by atomic mass is 10.1. The molecule has 1 nitrogen and oxygen atoms in total. The van der Waals surface area contributed by atoms with Crippen molar-refractivity contribution in [1.82, 2.24) is 0 Å². The second-order valence-electron chi connectivity index (χ2n) is 2.73. The molecule has 0 rings (SSSR count). The second kappa shape index (κ2) is 7.55. The third-order valence-corrected chi connectivity index (χ3v) is 1.68. The van der Waals surface area contributed by atoms with Gasteiger partial charge in [-0.3, -0.25) is 0 Å². The predicted octanol–water partition coefficient (Wildman–Crippen LogP) is 2.67. The Bertz CT molecular complexity index is 107. The van der Waals surface area contributed by atoms with Crippen LogP contribution >= 0.6 is 0 Å². The molecule has 0 aliphatic heterocycles. The van der Waals surface area contributed by atoms with E-state index < -0.39 is 0 Å². The quantitative estimate of drug-likeness (QED) is 0.441. The summed E-state index contributed by atoms with van der Waals surface area (Å²) < 4.78 is 0. The molecule has 0 spiro atoms. The van der Waals surface area contributed by atoms with E-state index in [4.69, 9.17) is 5.11 Å². The first-order chi connectivity index (χ1) is 5.31. The molecule has 0 aromatic carbocycles. The second-order valence-corrected chi connectivity index (χ2v) is 2.73. The Balaban J connectivity index is 3.01. The maximum absolute atomic E-state index is 9.08. The molecule has 0 saturated carbocycles. The highest BCUT2D eigenvalue weighted by molar-refractivity contribution is 4.77. The molecule has 0 saturated heterocycles. The minimum Gasteiger partial charge on any atom is -0.389 e. The van der Waals surface area contributed by atoms with E-state index in [-0.39, 0.29) is 6.10 Å². The molecule has 0 aliphatic carbocycles. The zero-order valence-corrected chi connectivity index (χ0v) is 7.13. The van der Waals surface area contributed by atoms with Crippen LogP contribution in [0.2, 0.25) is 0 Å². The fourth-order valence-electron chi connectivity index (χ4n) is 0.937. The topological polar surface area (TPSA) is 20.2 Å². The molecular weight excluding hydrogens is 136 g/mol. The third kappa shape index (κ3) is 7.34. The molecule has 1 heteroatoms. The van der Waals surface area contributed by atoms with Crippen molar-refractivity contribution < 1.29 is 5.11 Å². The van der Waals surface area contributed by atoms with Gasteiger partial charge in [-0.05, 0) is 19.3 Å². The van der Waals surface area contributed by atoms with Crippen LogP contribution in [0.1, 0.15) is 32.1 Å². The molecule has 0 radical (unpaired) electrons. The van der Waals surface area contributed by atoms with Crippen molar-refractivity contribution in [1.29, 1.82) is 0 Å². The van der Waals surface area contributed by atoms with E-state index in [2.05, 4.69) is 13.2 Å². The van der Waals surface area contributed by atoms with E-state index >= 15 is 0 Å². The van der Waals surface area contributed by atoms with E-state index in [0.717, 1.165) is 19.3 Å². The van der Waals surface area contributed by atoms with Gasteiger partial charge in [-0.2, -0.15) is 0 Å². The van der Waals surface area contributed by atoms with Gasteiger partial charge in [-0.25, -0.2) is 0 Å². The van der Waals surface area contributed by atoms with Gasteiger partial charge in [-0.15, -0.1) is 13.2 Å². The van der Waals surface area contributed by atoms with Gasteiger partial charge in [0, 0.05) is 0 Å². The van der Waals surface area contributed by atoms with Crippen molar-refractivity contribution in [2.75, 3.05) is 0 Å². The largest absolute Gasteiger partial charge is 0.389 e. The van der Waals surface area contributed by atoms with E-state index in [0.29, 0.717) is 0 Å². The molecule has 1 atom stereocenters. The summed E-state index contributed by atoms with van der Waals surface area (Å²) in [6.07, 6.45) is 8.60. The van der Waals surface area contributed by atoms with Gasteiger partial charge in [0.1, 0.15) is 0 Å². The van der Waals surface area contributed by atoms with Gasteiger partial charge in [0.05, 0.1) is 6.10 Å². The molecule has 0 aromatic rings. The summed E-state index contributed by atoms with van der Waals surface area (Å²) in [6.45, 7) is 7.15. The van der Waals surface area contributed by atoms with Crippen LogP contribution in [0.25, 0.3) is 0 Å². The predicted molar refractivity (Wildman–Crippen MR) is 49.5 cm³/mol. The molecule has 1 N–H and O–H groups in total. The average molecular weight is 154 g/mol. The Kier molecular flexibility index (Phi) is 7.16. The van der Waals surface area contributed by atoms with Gasteiger partial charge in [-0.1, -0.05) is 25.0 Å². The van der Waals surface area contributed by atoms with Crippen LogP contribution in [0, 0.1) is 0 Å². The molecule has 0 unspecified atom stereocenters. The normalized spacial score (nSPS) is 12.5. The molecule has 0 amide bonds. The first-order valence-electron chi connectivity index (χ1n) is 4.22. The number of hydrogen-bond acceptors (Lipinski definition) is 1. The highest BCUT2D eigenvalue weighted by Gasteiger charge is 1.95. The molecule has 0 aromatic heterocycles. The van der Waals surface area contributed by atoms with Gasteiger partial charge in [0.2, 0.25) is 0 Å². The van der Waals surface area contributed by atoms with Gasteiger partial charge in [0.25, 0.3) is 0 Å². The van der Waals surface area contributed by atoms with Gasteiger partial charge < -0.3 is 5.11 Å². The maximum Gasteiger partial charge on any atom is 0.0718 e. The minimum atomic E-state index is -0.307. The standard InChI is InChI=1S/C10H18O/c1-3-5-6-7-8-9-10(11)4-2/h3-4,10-11H,1-2,5-9H2/t10-/m0/s1. The van der Waals surface area contributed by atoms with Crippen LogP contribution in [0.3, 0.4) is 0 Å². The van der Waals surface area contributed by atoms with E-state index in [9.17, 15) is 0 Å². The third-order valence-electron chi connectivity index (χ3n) is 1.68. The van der Waals surface area contributed by atoms with E-state index in [1.54, 1.807) is 6.08 Å². The first kappa shape index (κ1) is 10.4. The number of hydrogen-bond donors (Lipinski definition) is 1. The van der Waals surface area contributed by atoms with Crippen LogP contribution in [0.5, 0.6) is 0 Å². The molecule has 0 heterocycles. The average Bonchev–Trinajstić information content (AvgIpc) is 2.04. The number of rotatable bonds is 7. The van der Waals surface area contributed by atoms with Crippen LogP contribution in [-0.4, -0.2) is 11.2 Å². The summed E-state index contributed by atoms with van der Waals surface area (Å²) in [5, 5.41) is 9.08. The summed E-state index contributed by atoms with van der Waals surface area (Å²) in [5.74, 6) is 0. The first-order valence-corrected chi connectivity index (χ1v) is 4.22. The Labute approximate surface area is 69.4 Å². The summed E-state index contributed by atoms with van der Waals surface area (Å²) in [5.41, 5.74) is 0. The van der Waals surface area contributed by atoms with Crippen molar-refractivity contribution in [3.05, 3.63) is 25.3 Å². The number of aliphatic hydroxyl groups excluding tert-OH is 1. The Morgan fingerprint density at radius 2 is 1.91 bits per heavy atom. The summed E-state index contributed by atoms with van der Waals surface area (Å²) in [7, 11) is 0. The van der Waals surface area contributed by atoms with Crippen molar-refractivity contribution >= 4 is 0 Å². The molecule has 0 fully saturated rings. The van der Waals surface area contributed by atoms with Crippen LogP contribution in [0.4, 0.5) is 0 Å². The molecular formula is C10H18O. The lowest BCUT2D eigenvalue weighted by molar-refractivity contribution is 0.208. The lowest BCUT2D eigenvalue weighted by Crippen LogP contribution is -2.00. The summed E-state index contributed by atoms with van der Waals surface area (Å²) in [6, 6.07) is 0. The smallest absolute Gasteiger partial charge is 0.0718 e. The fourth-order valence-corrected chi connectivity index (χ4v) is 0.937. The van der Waals surface area contributed by atoms with Gasteiger partial charge in [0.15, 0.2) is 0 Å². The molecule has 0 bridgehead atoms. The minimum absolute atomic E-state index is 0.307. The summed E-state index contributed by atoms with van der Waals surface area (Å²) in [4.78, 5) is 0. The van der Waals surface area contributed by atoms with Crippen molar-refractivity contribution in [3.63, 3.8) is 0 Å². The van der Waals surface area contributed by atoms with E-state index in [1.165, 1.54) is 12.8 Å². The number of unbranched alkanes of at least 4 members (excludes halogenated alkanes) is 3. The van der Waals surface area contributed by atoms with Gasteiger partial charge >= 0.3 is 0 Å². The highest BCUT2D eigenvalue weighted by atomic mass is 16.3. The number of allylic oxidation sites excluding steroid dienone is 1. The Morgan fingerprint density at radius 3 is 2.45 bits per heavy atom. The Morgan fingerprint density at radius 1 is 1.18 bits per heavy atom. The molecule has 64 valence electrons. The van der Waals surface area contributed by atoms with E-state index in [1.807, 2.05) is 6.08 Å². The number of aliphatic hydroxyl groups is 1. The van der Waals surface area contributed by atoms with Crippen LogP contribution < -0.4 is 0 Å².